The third-order valence-electron chi connectivity index (χ3n) is 10.9. The van der Waals surface area contributed by atoms with Gasteiger partial charge in [-0.15, -0.1) is 0 Å². The summed E-state index contributed by atoms with van der Waals surface area (Å²) in [6.45, 7) is 3.94. The number of hydrogen-bond acceptors (Lipinski definition) is 7. The molecular formula is C46H91O8P. The fourth-order valence-corrected chi connectivity index (χ4v) is 7.65. The zero-order valence-corrected chi connectivity index (χ0v) is 37.5. The average molecular weight is 803 g/mol. The highest BCUT2D eigenvalue weighted by Crippen LogP contribution is 2.42. The number of phosphoric ester groups is 1. The second-order valence-electron chi connectivity index (χ2n) is 16.3. The molecular weight excluding hydrogens is 711 g/mol. The van der Waals surface area contributed by atoms with Gasteiger partial charge in [0.2, 0.25) is 0 Å². The minimum absolute atomic E-state index is 0.216. The molecule has 0 saturated heterocycles. The molecule has 2 unspecified atom stereocenters. The molecule has 55 heavy (non-hydrogen) atoms. The van der Waals surface area contributed by atoms with Crippen molar-refractivity contribution < 1.29 is 37.6 Å². The van der Waals surface area contributed by atoms with Crippen LogP contribution in [-0.2, 0) is 32.7 Å². The van der Waals surface area contributed by atoms with Crippen LogP contribution in [0.1, 0.15) is 258 Å². The summed E-state index contributed by atoms with van der Waals surface area (Å²) in [5.74, 6) is -0.783. The molecule has 0 spiro atoms. The molecule has 0 rings (SSSR count). The quantitative estimate of drug-likeness (QED) is 0.0368. The lowest BCUT2D eigenvalue weighted by molar-refractivity contribution is -0.161. The summed E-state index contributed by atoms with van der Waals surface area (Å²) >= 11 is 0. The maximum atomic E-state index is 12.5. The second kappa shape index (κ2) is 42.7. The van der Waals surface area contributed by atoms with Crippen LogP contribution in [0.15, 0.2) is 0 Å². The van der Waals surface area contributed by atoms with Crippen LogP contribution in [0.2, 0.25) is 0 Å². The van der Waals surface area contributed by atoms with E-state index in [0.717, 1.165) is 45.6 Å². The van der Waals surface area contributed by atoms with E-state index in [0.29, 0.717) is 6.42 Å². The molecule has 0 radical (unpaired) electrons. The van der Waals surface area contributed by atoms with Crippen LogP contribution < -0.4 is 0 Å². The largest absolute Gasteiger partial charge is 0.472 e. The predicted octanol–water partition coefficient (Wildman–Crippen LogP) is 15.1. The zero-order chi connectivity index (χ0) is 40.3. The molecule has 0 bridgehead atoms. The first-order chi connectivity index (χ1) is 26.8. The second-order valence-corrected chi connectivity index (χ2v) is 17.8. The van der Waals surface area contributed by atoms with Gasteiger partial charge in [0.25, 0.3) is 0 Å². The SMILES string of the molecule is CCCCCCCCCCCCCCCCCCCCC(=O)OCC(COP(=O)(O)OC)OC(=O)CCCCCCCCCCCCCCCCCCCC. The topological polar surface area (TPSA) is 108 Å². The van der Waals surface area contributed by atoms with E-state index >= 15 is 0 Å². The van der Waals surface area contributed by atoms with Crippen LogP contribution in [0.5, 0.6) is 0 Å². The van der Waals surface area contributed by atoms with Gasteiger partial charge in [-0.25, -0.2) is 4.57 Å². The van der Waals surface area contributed by atoms with Crippen molar-refractivity contribution in [3.8, 4) is 0 Å². The first-order valence-corrected chi connectivity index (χ1v) is 25.2. The van der Waals surface area contributed by atoms with Gasteiger partial charge in [0, 0.05) is 20.0 Å². The van der Waals surface area contributed by atoms with Crippen molar-refractivity contribution in [2.45, 2.75) is 264 Å². The summed E-state index contributed by atoms with van der Waals surface area (Å²) in [5, 5.41) is 0. The standard InChI is InChI=1S/C46H91O8P/c1-4-6-8-10-12-14-16-18-20-22-24-26-28-30-32-34-36-38-40-45(47)52-42-44(43-53-55(49,50)51-3)54-46(48)41-39-37-35-33-31-29-27-25-23-21-19-17-15-13-11-9-7-5-2/h44H,4-43H2,1-3H3,(H,49,50). The molecule has 0 saturated carbocycles. The molecule has 8 nitrogen and oxygen atoms in total. The molecule has 0 amide bonds. The minimum Gasteiger partial charge on any atom is -0.462 e. The lowest BCUT2D eigenvalue weighted by Gasteiger charge is -2.19. The zero-order valence-electron chi connectivity index (χ0n) is 36.6. The van der Waals surface area contributed by atoms with E-state index in [9.17, 15) is 19.0 Å². The van der Waals surface area contributed by atoms with Crippen molar-refractivity contribution in [1.82, 2.24) is 0 Å². The van der Waals surface area contributed by atoms with Crippen LogP contribution in [0.4, 0.5) is 0 Å². The Balaban J connectivity index is 3.88. The fourth-order valence-electron chi connectivity index (χ4n) is 7.19. The summed E-state index contributed by atoms with van der Waals surface area (Å²) in [4.78, 5) is 34.6. The molecule has 0 aliphatic carbocycles. The highest BCUT2D eigenvalue weighted by molar-refractivity contribution is 7.47. The predicted molar refractivity (Wildman–Crippen MR) is 230 cm³/mol. The number of phosphoric acid groups is 1. The Bertz CT molecular complexity index is 869. The van der Waals surface area contributed by atoms with Crippen LogP contribution in [0.25, 0.3) is 0 Å². The molecule has 0 fully saturated rings. The Labute approximate surface area is 340 Å². The van der Waals surface area contributed by atoms with Crippen LogP contribution in [0.3, 0.4) is 0 Å². The van der Waals surface area contributed by atoms with Crippen molar-refractivity contribution in [3.05, 3.63) is 0 Å². The van der Waals surface area contributed by atoms with Gasteiger partial charge in [0.1, 0.15) is 6.61 Å². The number of carbonyl (C=O) groups is 2. The van der Waals surface area contributed by atoms with Crippen LogP contribution in [0, 0.1) is 0 Å². The number of rotatable bonds is 45. The Morgan fingerprint density at radius 2 is 0.709 bits per heavy atom. The van der Waals surface area contributed by atoms with E-state index < -0.39 is 19.9 Å². The molecule has 0 aromatic heterocycles. The molecule has 0 aromatic rings. The van der Waals surface area contributed by atoms with Crippen molar-refractivity contribution >= 4 is 19.8 Å². The minimum atomic E-state index is -4.26. The summed E-state index contributed by atoms with van der Waals surface area (Å²) in [7, 11) is -3.19. The number of unbranched alkanes of at least 4 members (excludes halogenated alkanes) is 34. The normalized spacial score (nSPS) is 13.2. The van der Waals surface area contributed by atoms with Gasteiger partial charge in [-0.1, -0.05) is 232 Å². The van der Waals surface area contributed by atoms with Gasteiger partial charge in [0.05, 0.1) is 6.61 Å². The first kappa shape index (κ1) is 54.0. The lowest BCUT2D eigenvalue weighted by atomic mass is 10.0. The Morgan fingerprint density at radius 3 is 1.00 bits per heavy atom. The first-order valence-electron chi connectivity index (χ1n) is 23.7. The molecule has 0 aliphatic heterocycles. The average Bonchev–Trinajstić information content (AvgIpc) is 3.18. The van der Waals surface area contributed by atoms with E-state index in [2.05, 4.69) is 18.4 Å². The van der Waals surface area contributed by atoms with Gasteiger partial charge >= 0.3 is 19.8 Å². The van der Waals surface area contributed by atoms with Crippen molar-refractivity contribution in [2.24, 2.45) is 0 Å². The fraction of sp³-hybridized carbons (Fsp3) is 0.957. The van der Waals surface area contributed by atoms with E-state index in [-0.39, 0.29) is 25.6 Å². The summed E-state index contributed by atoms with van der Waals surface area (Å²) in [6.07, 6.45) is 45.9. The number of hydrogen-bond donors (Lipinski definition) is 1. The van der Waals surface area contributed by atoms with Gasteiger partial charge in [-0.2, -0.15) is 0 Å². The lowest BCUT2D eigenvalue weighted by Crippen LogP contribution is -2.29. The summed E-state index contributed by atoms with van der Waals surface area (Å²) in [6, 6.07) is 0. The van der Waals surface area contributed by atoms with Crippen LogP contribution in [-0.4, -0.2) is 43.3 Å². The Hall–Kier alpha value is -0.950. The Morgan fingerprint density at radius 1 is 0.436 bits per heavy atom. The molecule has 1 N–H and O–H groups in total. The highest BCUT2D eigenvalue weighted by Gasteiger charge is 2.24. The maximum absolute atomic E-state index is 12.5. The smallest absolute Gasteiger partial charge is 0.462 e. The van der Waals surface area contributed by atoms with Gasteiger partial charge in [0.15, 0.2) is 6.10 Å². The monoisotopic (exact) mass is 803 g/mol. The van der Waals surface area contributed by atoms with Crippen molar-refractivity contribution in [3.63, 3.8) is 0 Å². The van der Waals surface area contributed by atoms with E-state index in [1.807, 2.05) is 0 Å². The van der Waals surface area contributed by atoms with E-state index in [4.69, 9.17) is 14.0 Å². The highest BCUT2D eigenvalue weighted by atomic mass is 31.2. The van der Waals surface area contributed by atoms with Crippen molar-refractivity contribution in [1.29, 1.82) is 0 Å². The van der Waals surface area contributed by atoms with Gasteiger partial charge in [-0.3, -0.25) is 18.6 Å². The number of esters is 2. The third kappa shape index (κ3) is 42.5. The summed E-state index contributed by atoms with van der Waals surface area (Å²) in [5.41, 5.74) is 0. The maximum Gasteiger partial charge on any atom is 0.472 e. The molecule has 0 aliphatic rings. The van der Waals surface area contributed by atoms with Crippen LogP contribution >= 0.6 is 7.82 Å². The third-order valence-corrected chi connectivity index (χ3v) is 11.8. The van der Waals surface area contributed by atoms with E-state index in [1.165, 1.54) is 193 Å². The molecule has 2 atom stereocenters. The van der Waals surface area contributed by atoms with Gasteiger partial charge < -0.3 is 14.4 Å². The van der Waals surface area contributed by atoms with Crippen molar-refractivity contribution in [2.75, 3.05) is 20.3 Å². The molecule has 328 valence electrons. The Kier molecular flexibility index (Phi) is 41.9. The van der Waals surface area contributed by atoms with E-state index in [1.54, 1.807) is 0 Å². The number of ether oxygens (including phenoxy) is 2. The summed E-state index contributed by atoms with van der Waals surface area (Å²) < 4.78 is 32.1. The van der Waals surface area contributed by atoms with Gasteiger partial charge in [-0.05, 0) is 12.8 Å². The molecule has 9 heteroatoms. The number of carbonyl (C=O) groups excluding carboxylic acids is 2. The molecule has 0 heterocycles. The molecule has 0 aromatic carbocycles.